The Labute approximate surface area is 133 Å². The number of ether oxygens (including phenoxy) is 1. The molecular formula is C17H17FN2O3. The van der Waals surface area contributed by atoms with Gasteiger partial charge in [-0.1, -0.05) is 18.2 Å². The summed E-state index contributed by atoms with van der Waals surface area (Å²) in [7, 11) is 0. The summed E-state index contributed by atoms with van der Waals surface area (Å²) in [5, 5.41) is 0. The fourth-order valence-corrected chi connectivity index (χ4v) is 1.83. The number of rotatable bonds is 4. The molecule has 0 spiro atoms. The summed E-state index contributed by atoms with van der Waals surface area (Å²) >= 11 is 0. The van der Waals surface area contributed by atoms with E-state index in [4.69, 9.17) is 4.74 Å². The van der Waals surface area contributed by atoms with Crippen LogP contribution in [0, 0.1) is 19.7 Å². The van der Waals surface area contributed by atoms with Gasteiger partial charge in [-0.05, 0) is 49.2 Å². The van der Waals surface area contributed by atoms with Crippen molar-refractivity contribution in [3.63, 3.8) is 0 Å². The number of hydrazine groups is 1. The van der Waals surface area contributed by atoms with Gasteiger partial charge < -0.3 is 4.74 Å². The Hall–Kier alpha value is -2.89. The van der Waals surface area contributed by atoms with Crippen molar-refractivity contribution in [1.29, 1.82) is 0 Å². The molecule has 0 aliphatic rings. The van der Waals surface area contributed by atoms with Crippen molar-refractivity contribution in [3.05, 3.63) is 65.0 Å². The number of nitrogens with one attached hydrogen (secondary N) is 2. The third-order valence-electron chi connectivity index (χ3n) is 3.28. The quantitative estimate of drug-likeness (QED) is 0.851. The van der Waals surface area contributed by atoms with E-state index >= 15 is 0 Å². The second-order valence-corrected chi connectivity index (χ2v) is 5.02. The van der Waals surface area contributed by atoms with Crippen molar-refractivity contribution in [1.82, 2.24) is 10.9 Å². The van der Waals surface area contributed by atoms with Crippen molar-refractivity contribution in [2.45, 2.75) is 13.8 Å². The van der Waals surface area contributed by atoms with Crippen molar-refractivity contribution in [2.75, 3.05) is 6.61 Å². The van der Waals surface area contributed by atoms with E-state index < -0.39 is 17.6 Å². The highest BCUT2D eigenvalue weighted by Crippen LogP contribution is 2.16. The van der Waals surface area contributed by atoms with Crippen molar-refractivity contribution >= 4 is 11.8 Å². The number of halogens is 1. The Morgan fingerprint density at radius 2 is 1.78 bits per heavy atom. The summed E-state index contributed by atoms with van der Waals surface area (Å²) in [5.41, 5.74) is 6.34. The minimum atomic E-state index is -0.734. The molecule has 2 N–H and O–H groups in total. The van der Waals surface area contributed by atoms with Crippen LogP contribution in [-0.2, 0) is 4.79 Å². The molecule has 0 atom stereocenters. The number of carbonyl (C=O) groups is 2. The minimum absolute atomic E-state index is 0.150. The van der Waals surface area contributed by atoms with Crippen LogP contribution >= 0.6 is 0 Å². The van der Waals surface area contributed by atoms with Gasteiger partial charge in [0.2, 0.25) is 0 Å². The van der Waals surface area contributed by atoms with Gasteiger partial charge in [0, 0.05) is 0 Å². The lowest BCUT2D eigenvalue weighted by Gasteiger charge is -2.10. The Morgan fingerprint density at radius 1 is 1.04 bits per heavy atom. The van der Waals surface area contributed by atoms with Crippen LogP contribution < -0.4 is 15.6 Å². The predicted molar refractivity (Wildman–Crippen MR) is 83.4 cm³/mol. The van der Waals surface area contributed by atoms with Crippen LogP contribution in [-0.4, -0.2) is 18.4 Å². The van der Waals surface area contributed by atoms with Crippen LogP contribution in [0.5, 0.6) is 5.75 Å². The molecule has 0 aromatic heterocycles. The number of benzene rings is 2. The maximum Gasteiger partial charge on any atom is 0.276 e. The van der Waals surface area contributed by atoms with Gasteiger partial charge in [0.05, 0.1) is 5.56 Å². The lowest BCUT2D eigenvalue weighted by Crippen LogP contribution is -2.44. The average molecular weight is 316 g/mol. The third kappa shape index (κ3) is 4.54. The fourth-order valence-electron chi connectivity index (χ4n) is 1.83. The zero-order valence-electron chi connectivity index (χ0n) is 12.9. The van der Waals surface area contributed by atoms with Crippen LogP contribution in [0.4, 0.5) is 4.39 Å². The van der Waals surface area contributed by atoms with E-state index in [9.17, 15) is 14.0 Å². The molecular weight excluding hydrogens is 299 g/mol. The van der Waals surface area contributed by atoms with Gasteiger partial charge in [0.1, 0.15) is 11.6 Å². The zero-order chi connectivity index (χ0) is 16.8. The number of amides is 2. The first-order valence-corrected chi connectivity index (χ1v) is 7.01. The molecule has 6 heteroatoms. The second-order valence-electron chi connectivity index (χ2n) is 5.02. The third-order valence-corrected chi connectivity index (χ3v) is 3.28. The monoisotopic (exact) mass is 316 g/mol. The summed E-state index contributed by atoms with van der Waals surface area (Å²) in [4.78, 5) is 23.4. The van der Waals surface area contributed by atoms with Crippen LogP contribution in [0.25, 0.3) is 0 Å². The Morgan fingerprint density at radius 3 is 2.48 bits per heavy atom. The highest BCUT2D eigenvalue weighted by atomic mass is 19.1. The van der Waals surface area contributed by atoms with Crippen LogP contribution in [0.3, 0.4) is 0 Å². The minimum Gasteiger partial charge on any atom is -0.484 e. The van der Waals surface area contributed by atoms with E-state index in [1.165, 1.54) is 24.3 Å². The van der Waals surface area contributed by atoms with Gasteiger partial charge in [-0.15, -0.1) is 0 Å². The highest BCUT2D eigenvalue weighted by molar-refractivity contribution is 5.95. The van der Waals surface area contributed by atoms with E-state index in [2.05, 4.69) is 10.9 Å². The van der Waals surface area contributed by atoms with Crippen molar-refractivity contribution < 1.29 is 18.7 Å². The van der Waals surface area contributed by atoms with E-state index in [-0.39, 0.29) is 12.2 Å². The van der Waals surface area contributed by atoms with Crippen LogP contribution in [0.15, 0.2) is 42.5 Å². The zero-order valence-corrected chi connectivity index (χ0v) is 12.9. The van der Waals surface area contributed by atoms with Gasteiger partial charge in [-0.2, -0.15) is 0 Å². The maximum atomic E-state index is 13.4. The standard InChI is InChI=1S/C17H17FN2O3/c1-11-7-8-13(9-12(11)2)23-10-16(21)19-20-17(22)14-5-3-4-6-15(14)18/h3-9H,10H2,1-2H3,(H,19,21)(H,20,22). The molecule has 0 aliphatic heterocycles. The predicted octanol–water partition coefficient (Wildman–Crippen LogP) is 2.28. The SMILES string of the molecule is Cc1ccc(OCC(=O)NNC(=O)c2ccccc2F)cc1C. The smallest absolute Gasteiger partial charge is 0.276 e. The van der Waals surface area contributed by atoms with Gasteiger partial charge in [0.15, 0.2) is 6.61 Å². The van der Waals surface area contributed by atoms with Crippen molar-refractivity contribution in [2.24, 2.45) is 0 Å². The molecule has 2 rings (SSSR count). The largest absolute Gasteiger partial charge is 0.484 e. The molecule has 0 saturated heterocycles. The first-order valence-electron chi connectivity index (χ1n) is 7.01. The Balaban J connectivity index is 1.82. The molecule has 0 fully saturated rings. The maximum absolute atomic E-state index is 13.4. The second kappa shape index (κ2) is 7.40. The number of hydrogen-bond donors (Lipinski definition) is 2. The van der Waals surface area contributed by atoms with Crippen molar-refractivity contribution in [3.8, 4) is 5.75 Å². The molecule has 2 aromatic carbocycles. The molecule has 5 nitrogen and oxygen atoms in total. The average Bonchev–Trinajstić information content (AvgIpc) is 2.54. The van der Waals surface area contributed by atoms with E-state index in [0.717, 1.165) is 11.1 Å². The number of aryl methyl sites for hydroxylation is 2. The molecule has 0 saturated carbocycles. The molecule has 0 radical (unpaired) electrons. The van der Waals surface area contributed by atoms with Gasteiger partial charge >= 0.3 is 0 Å². The lowest BCUT2D eigenvalue weighted by atomic mass is 10.1. The van der Waals surface area contributed by atoms with Crippen LogP contribution in [0.2, 0.25) is 0 Å². The van der Waals surface area contributed by atoms with E-state index in [0.29, 0.717) is 5.75 Å². The Bertz CT molecular complexity index is 732. The fraction of sp³-hybridized carbons (Fsp3) is 0.176. The van der Waals surface area contributed by atoms with Gasteiger partial charge in [-0.3, -0.25) is 20.4 Å². The van der Waals surface area contributed by atoms with Gasteiger partial charge in [0.25, 0.3) is 11.8 Å². The Kier molecular flexibility index (Phi) is 5.30. The highest BCUT2D eigenvalue weighted by Gasteiger charge is 2.11. The first kappa shape index (κ1) is 16.5. The molecule has 0 unspecified atom stereocenters. The molecule has 23 heavy (non-hydrogen) atoms. The summed E-state index contributed by atoms with van der Waals surface area (Å²) in [6.45, 7) is 3.65. The summed E-state index contributed by atoms with van der Waals surface area (Å²) < 4.78 is 18.7. The molecule has 2 aromatic rings. The number of hydrogen-bond acceptors (Lipinski definition) is 3. The first-order chi connectivity index (χ1) is 11.0. The summed E-state index contributed by atoms with van der Waals surface area (Å²) in [6, 6.07) is 11.0. The molecule has 2 amide bonds. The summed E-state index contributed by atoms with van der Waals surface area (Å²) in [6.07, 6.45) is 0. The van der Waals surface area contributed by atoms with Gasteiger partial charge in [-0.25, -0.2) is 4.39 Å². The molecule has 0 heterocycles. The molecule has 120 valence electrons. The van der Waals surface area contributed by atoms with E-state index in [1.807, 2.05) is 26.0 Å². The molecule has 0 aliphatic carbocycles. The topological polar surface area (TPSA) is 67.4 Å². The molecule has 0 bridgehead atoms. The number of carbonyl (C=O) groups excluding carboxylic acids is 2. The normalized spacial score (nSPS) is 10.0. The van der Waals surface area contributed by atoms with Crippen LogP contribution in [0.1, 0.15) is 21.5 Å². The summed E-state index contributed by atoms with van der Waals surface area (Å²) in [5.74, 6) is -1.38. The lowest BCUT2D eigenvalue weighted by molar-refractivity contribution is -0.123. The van der Waals surface area contributed by atoms with E-state index in [1.54, 1.807) is 6.07 Å².